The average Bonchev–Trinajstić information content (AvgIpc) is 2.79. The van der Waals surface area contributed by atoms with E-state index >= 15 is 0 Å². The predicted molar refractivity (Wildman–Crippen MR) is 67.7 cm³/mol. The van der Waals surface area contributed by atoms with Crippen LogP contribution in [0.1, 0.15) is 15.2 Å². The Morgan fingerprint density at radius 1 is 1.40 bits per heavy atom. The van der Waals surface area contributed by atoms with Gasteiger partial charge in [-0.15, -0.1) is 11.3 Å². The Hall–Kier alpha value is -1.80. The van der Waals surface area contributed by atoms with Crippen LogP contribution in [-0.2, 0) is 6.54 Å². The highest BCUT2D eigenvalue weighted by Gasteiger charge is 2.22. The molecule has 1 aromatic carbocycles. The van der Waals surface area contributed by atoms with Gasteiger partial charge in [0.15, 0.2) is 21.9 Å². The third kappa shape index (κ3) is 2.86. The Kier molecular flexibility index (Phi) is 4.15. The van der Waals surface area contributed by atoms with Crippen LogP contribution >= 0.6 is 22.9 Å². The van der Waals surface area contributed by atoms with Gasteiger partial charge in [0.2, 0.25) is 0 Å². The largest absolute Gasteiger partial charge is 0.478 e. The third-order valence-electron chi connectivity index (χ3n) is 2.35. The molecule has 0 saturated carbocycles. The SMILES string of the molecule is O=C(O)c1cc(F)c(F)c(NCc2cnc(Cl)s2)c1F. The molecule has 0 spiro atoms. The number of hydrogen-bond acceptors (Lipinski definition) is 4. The molecule has 0 aliphatic heterocycles. The second-order valence-electron chi connectivity index (χ2n) is 3.65. The maximum Gasteiger partial charge on any atom is 0.338 e. The van der Waals surface area contributed by atoms with Crippen molar-refractivity contribution in [1.29, 1.82) is 0 Å². The molecule has 0 atom stereocenters. The minimum Gasteiger partial charge on any atom is -0.478 e. The van der Waals surface area contributed by atoms with E-state index in [9.17, 15) is 18.0 Å². The van der Waals surface area contributed by atoms with E-state index in [0.29, 0.717) is 10.9 Å². The molecule has 0 unspecified atom stereocenters. The molecule has 2 aromatic rings. The van der Waals surface area contributed by atoms with Gasteiger partial charge in [0.1, 0.15) is 11.3 Å². The van der Waals surface area contributed by atoms with Crippen LogP contribution in [0.15, 0.2) is 12.3 Å². The van der Waals surface area contributed by atoms with Gasteiger partial charge in [-0.1, -0.05) is 11.6 Å². The fourth-order valence-electron chi connectivity index (χ4n) is 1.46. The van der Waals surface area contributed by atoms with Crippen molar-refractivity contribution >= 4 is 34.6 Å². The molecule has 0 aliphatic carbocycles. The standard InChI is InChI=1S/C11H6ClF3N2O2S/c12-11-17-3-4(20-11)2-16-9-7(14)5(10(18)19)1-6(13)8(9)15/h1,3,16H,2H2,(H,18,19). The van der Waals surface area contributed by atoms with Gasteiger partial charge in [-0.3, -0.25) is 0 Å². The summed E-state index contributed by atoms with van der Waals surface area (Å²) in [5, 5.41) is 11.0. The molecule has 0 saturated heterocycles. The number of carboxylic acids is 1. The number of thiazole rings is 1. The van der Waals surface area contributed by atoms with Crippen LogP contribution in [0.4, 0.5) is 18.9 Å². The Balaban J connectivity index is 2.33. The van der Waals surface area contributed by atoms with E-state index in [4.69, 9.17) is 16.7 Å². The van der Waals surface area contributed by atoms with Crippen molar-refractivity contribution in [3.8, 4) is 0 Å². The first-order chi connectivity index (χ1) is 9.40. The first kappa shape index (κ1) is 14.6. The third-order valence-corrected chi connectivity index (χ3v) is 3.47. The maximum atomic E-state index is 13.8. The fraction of sp³-hybridized carbons (Fsp3) is 0.0909. The second-order valence-corrected chi connectivity index (χ2v) is 5.34. The van der Waals surface area contributed by atoms with E-state index in [2.05, 4.69) is 10.3 Å². The highest BCUT2D eigenvalue weighted by atomic mass is 35.5. The fourth-order valence-corrected chi connectivity index (χ4v) is 2.37. The molecule has 0 bridgehead atoms. The number of anilines is 1. The number of rotatable bonds is 4. The van der Waals surface area contributed by atoms with Gasteiger partial charge in [0.25, 0.3) is 0 Å². The lowest BCUT2D eigenvalue weighted by Gasteiger charge is -2.10. The zero-order valence-electron chi connectivity index (χ0n) is 9.58. The van der Waals surface area contributed by atoms with Crippen LogP contribution in [0.3, 0.4) is 0 Å². The van der Waals surface area contributed by atoms with Crippen LogP contribution < -0.4 is 5.32 Å². The summed E-state index contributed by atoms with van der Waals surface area (Å²) >= 11 is 6.66. The molecule has 0 fully saturated rings. The molecule has 20 heavy (non-hydrogen) atoms. The number of carbonyl (C=O) groups is 1. The van der Waals surface area contributed by atoms with Gasteiger partial charge in [0.05, 0.1) is 6.54 Å². The van der Waals surface area contributed by atoms with Gasteiger partial charge < -0.3 is 10.4 Å². The highest BCUT2D eigenvalue weighted by molar-refractivity contribution is 7.15. The summed E-state index contributed by atoms with van der Waals surface area (Å²) in [4.78, 5) is 15.0. The normalized spacial score (nSPS) is 10.6. The zero-order chi connectivity index (χ0) is 14.9. The van der Waals surface area contributed by atoms with Crippen LogP contribution in [0, 0.1) is 17.5 Å². The van der Waals surface area contributed by atoms with Crippen LogP contribution in [-0.4, -0.2) is 16.1 Å². The van der Waals surface area contributed by atoms with Crippen LogP contribution in [0.25, 0.3) is 0 Å². The molecular weight excluding hydrogens is 317 g/mol. The monoisotopic (exact) mass is 322 g/mol. The zero-order valence-corrected chi connectivity index (χ0v) is 11.2. The number of benzene rings is 1. The van der Waals surface area contributed by atoms with Crippen molar-refractivity contribution in [2.24, 2.45) is 0 Å². The smallest absolute Gasteiger partial charge is 0.338 e. The summed E-state index contributed by atoms with van der Waals surface area (Å²) < 4.78 is 40.8. The van der Waals surface area contributed by atoms with Crippen LogP contribution in [0.2, 0.25) is 4.47 Å². The topological polar surface area (TPSA) is 62.2 Å². The quantitative estimate of drug-likeness (QED) is 0.845. The summed E-state index contributed by atoms with van der Waals surface area (Å²) in [5.41, 5.74) is -1.79. The van der Waals surface area contributed by atoms with Gasteiger partial charge in [-0.2, -0.15) is 0 Å². The molecular formula is C11H6ClF3N2O2S. The Bertz CT molecular complexity index is 678. The number of nitrogens with zero attached hydrogens (tertiary/aromatic N) is 1. The van der Waals surface area contributed by atoms with Crippen molar-refractivity contribution < 1.29 is 23.1 Å². The molecule has 0 radical (unpaired) electrons. The van der Waals surface area contributed by atoms with Crippen molar-refractivity contribution in [2.75, 3.05) is 5.32 Å². The molecule has 4 nitrogen and oxygen atoms in total. The molecule has 0 aliphatic rings. The average molecular weight is 323 g/mol. The number of nitrogens with one attached hydrogen (secondary N) is 1. The number of aromatic carboxylic acids is 1. The lowest BCUT2D eigenvalue weighted by Crippen LogP contribution is -2.10. The van der Waals surface area contributed by atoms with E-state index in [0.717, 1.165) is 11.3 Å². The predicted octanol–water partition coefficient (Wildman–Crippen LogP) is 3.52. The summed E-state index contributed by atoms with van der Waals surface area (Å²) in [7, 11) is 0. The van der Waals surface area contributed by atoms with E-state index in [1.54, 1.807) is 0 Å². The van der Waals surface area contributed by atoms with Gasteiger partial charge in [-0.25, -0.2) is 22.9 Å². The molecule has 106 valence electrons. The summed E-state index contributed by atoms with van der Waals surface area (Å²) in [5.74, 6) is -5.99. The van der Waals surface area contributed by atoms with Crippen molar-refractivity contribution in [3.05, 3.63) is 44.6 Å². The maximum absolute atomic E-state index is 13.8. The summed E-state index contributed by atoms with van der Waals surface area (Å²) in [6.07, 6.45) is 1.38. The van der Waals surface area contributed by atoms with Crippen molar-refractivity contribution in [1.82, 2.24) is 4.98 Å². The van der Waals surface area contributed by atoms with E-state index < -0.39 is 34.7 Å². The van der Waals surface area contributed by atoms with Gasteiger partial charge in [0, 0.05) is 11.1 Å². The highest BCUT2D eigenvalue weighted by Crippen LogP contribution is 2.26. The lowest BCUT2D eigenvalue weighted by molar-refractivity contribution is 0.0691. The Morgan fingerprint density at radius 3 is 2.65 bits per heavy atom. The van der Waals surface area contributed by atoms with E-state index in [-0.39, 0.29) is 11.0 Å². The van der Waals surface area contributed by atoms with E-state index in [1.165, 1.54) is 6.20 Å². The Labute approximate surface area is 119 Å². The molecule has 0 amide bonds. The Morgan fingerprint density at radius 2 is 2.10 bits per heavy atom. The van der Waals surface area contributed by atoms with Gasteiger partial charge in [-0.05, 0) is 6.07 Å². The molecule has 2 rings (SSSR count). The second kappa shape index (κ2) is 5.68. The molecule has 9 heteroatoms. The number of carboxylic acid groups (broad SMARTS) is 1. The molecule has 1 heterocycles. The summed E-state index contributed by atoms with van der Waals surface area (Å²) in [6.45, 7) is -0.0687. The van der Waals surface area contributed by atoms with Crippen LogP contribution in [0.5, 0.6) is 0 Å². The van der Waals surface area contributed by atoms with Crippen molar-refractivity contribution in [2.45, 2.75) is 6.54 Å². The number of halogens is 4. The minimum atomic E-state index is -1.69. The lowest BCUT2D eigenvalue weighted by atomic mass is 10.1. The van der Waals surface area contributed by atoms with E-state index in [1.807, 2.05) is 0 Å². The minimum absolute atomic E-state index is 0.0687. The number of aromatic nitrogens is 1. The summed E-state index contributed by atoms with van der Waals surface area (Å²) in [6, 6.07) is 0.293. The molecule has 1 aromatic heterocycles. The number of hydrogen-bond donors (Lipinski definition) is 2. The molecule has 2 N–H and O–H groups in total. The first-order valence-electron chi connectivity index (χ1n) is 5.15. The van der Waals surface area contributed by atoms with Crippen molar-refractivity contribution in [3.63, 3.8) is 0 Å². The van der Waals surface area contributed by atoms with Gasteiger partial charge >= 0.3 is 5.97 Å². The first-order valence-corrected chi connectivity index (χ1v) is 6.34.